The summed E-state index contributed by atoms with van der Waals surface area (Å²) in [7, 11) is 0. The SMILES string of the molecule is CC(=O)Nc1ccc(OC[C@@H](O)COc2c(C)ccc(C)c2C)cc1. The average Bonchev–Trinajstić information content (AvgIpc) is 2.57. The van der Waals surface area contributed by atoms with E-state index in [1.165, 1.54) is 6.92 Å². The molecule has 0 unspecified atom stereocenters. The Morgan fingerprint density at radius 2 is 1.60 bits per heavy atom. The van der Waals surface area contributed by atoms with Crippen molar-refractivity contribution in [2.75, 3.05) is 18.5 Å². The van der Waals surface area contributed by atoms with Gasteiger partial charge in [-0.3, -0.25) is 4.79 Å². The molecule has 0 aromatic heterocycles. The Bertz CT molecular complexity index is 725. The van der Waals surface area contributed by atoms with Crippen LogP contribution in [0.2, 0.25) is 0 Å². The Morgan fingerprint density at radius 3 is 2.24 bits per heavy atom. The van der Waals surface area contributed by atoms with Crippen molar-refractivity contribution in [1.29, 1.82) is 0 Å². The fraction of sp³-hybridized carbons (Fsp3) is 0.350. The van der Waals surface area contributed by atoms with Crippen LogP contribution in [0.4, 0.5) is 5.69 Å². The van der Waals surface area contributed by atoms with Crippen molar-refractivity contribution in [3.8, 4) is 11.5 Å². The number of nitrogens with one attached hydrogen (secondary N) is 1. The molecule has 0 aliphatic rings. The molecule has 5 heteroatoms. The number of benzene rings is 2. The molecular formula is C20H25NO4. The number of hydrogen-bond donors (Lipinski definition) is 2. The van der Waals surface area contributed by atoms with E-state index < -0.39 is 6.10 Å². The molecular weight excluding hydrogens is 318 g/mol. The fourth-order valence-corrected chi connectivity index (χ4v) is 2.41. The highest BCUT2D eigenvalue weighted by atomic mass is 16.5. The second-order valence-electron chi connectivity index (χ2n) is 6.13. The van der Waals surface area contributed by atoms with E-state index >= 15 is 0 Å². The maximum atomic E-state index is 11.0. The van der Waals surface area contributed by atoms with Crippen LogP contribution in [0.3, 0.4) is 0 Å². The number of amides is 1. The molecule has 0 spiro atoms. The molecule has 0 saturated carbocycles. The van der Waals surface area contributed by atoms with Gasteiger partial charge in [0.15, 0.2) is 0 Å². The highest BCUT2D eigenvalue weighted by molar-refractivity contribution is 5.88. The molecule has 2 aromatic rings. The summed E-state index contributed by atoms with van der Waals surface area (Å²) in [4.78, 5) is 11.0. The van der Waals surface area contributed by atoms with Gasteiger partial charge in [0.25, 0.3) is 0 Å². The topological polar surface area (TPSA) is 67.8 Å². The Hall–Kier alpha value is -2.53. The second kappa shape index (κ2) is 8.53. The third-order valence-corrected chi connectivity index (χ3v) is 3.91. The summed E-state index contributed by atoms with van der Waals surface area (Å²) in [5.74, 6) is 1.32. The van der Waals surface area contributed by atoms with Gasteiger partial charge in [0.1, 0.15) is 30.8 Å². The van der Waals surface area contributed by atoms with Crippen LogP contribution in [0.15, 0.2) is 36.4 Å². The predicted octanol–water partition coefficient (Wildman–Crippen LogP) is 3.39. The molecule has 5 nitrogen and oxygen atoms in total. The summed E-state index contributed by atoms with van der Waals surface area (Å²) >= 11 is 0. The van der Waals surface area contributed by atoms with Crippen LogP contribution >= 0.6 is 0 Å². The number of carbonyl (C=O) groups excluding carboxylic acids is 1. The molecule has 1 amide bonds. The van der Waals surface area contributed by atoms with E-state index in [9.17, 15) is 9.90 Å². The maximum absolute atomic E-state index is 11.0. The summed E-state index contributed by atoms with van der Waals surface area (Å²) < 4.78 is 11.3. The number of aryl methyl sites for hydroxylation is 2. The highest BCUT2D eigenvalue weighted by Crippen LogP contribution is 2.25. The first-order valence-corrected chi connectivity index (χ1v) is 8.25. The van der Waals surface area contributed by atoms with Gasteiger partial charge in [0.05, 0.1) is 0 Å². The molecule has 2 aromatic carbocycles. The van der Waals surface area contributed by atoms with Crippen LogP contribution in [0, 0.1) is 20.8 Å². The van der Waals surface area contributed by atoms with Gasteiger partial charge in [-0.05, 0) is 61.7 Å². The molecule has 0 bridgehead atoms. The van der Waals surface area contributed by atoms with Gasteiger partial charge in [-0.15, -0.1) is 0 Å². The van der Waals surface area contributed by atoms with Crippen LogP contribution in [0.25, 0.3) is 0 Å². The normalized spacial score (nSPS) is 11.7. The van der Waals surface area contributed by atoms with E-state index in [-0.39, 0.29) is 19.1 Å². The van der Waals surface area contributed by atoms with Crippen molar-refractivity contribution in [3.63, 3.8) is 0 Å². The number of anilines is 1. The third kappa shape index (κ3) is 5.50. The first-order valence-electron chi connectivity index (χ1n) is 8.25. The minimum atomic E-state index is -0.741. The van der Waals surface area contributed by atoms with Crippen molar-refractivity contribution in [2.24, 2.45) is 0 Å². The van der Waals surface area contributed by atoms with Crippen LogP contribution in [0.1, 0.15) is 23.6 Å². The lowest BCUT2D eigenvalue weighted by Crippen LogP contribution is -2.25. The van der Waals surface area contributed by atoms with E-state index in [1.807, 2.05) is 26.8 Å². The van der Waals surface area contributed by atoms with Crippen LogP contribution in [-0.2, 0) is 4.79 Å². The fourth-order valence-electron chi connectivity index (χ4n) is 2.41. The first-order chi connectivity index (χ1) is 11.9. The van der Waals surface area contributed by atoms with Crippen molar-refractivity contribution < 1.29 is 19.4 Å². The minimum absolute atomic E-state index is 0.122. The van der Waals surface area contributed by atoms with Crippen molar-refractivity contribution in [1.82, 2.24) is 0 Å². The van der Waals surface area contributed by atoms with E-state index in [2.05, 4.69) is 11.4 Å². The molecule has 0 saturated heterocycles. The van der Waals surface area contributed by atoms with E-state index in [0.29, 0.717) is 11.4 Å². The largest absolute Gasteiger partial charge is 0.491 e. The van der Waals surface area contributed by atoms with Crippen LogP contribution in [-0.4, -0.2) is 30.3 Å². The summed E-state index contributed by atoms with van der Waals surface area (Å²) in [6.07, 6.45) is -0.741. The quantitative estimate of drug-likeness (QED) is 0.809. The Kier molecular flexibility index (Phi) is 6.42. The van der Waals surface area contributed by atoms with Gasteiger partial charge in [0.2, 0.25) is 5.91 Å². The zero-order valence-corrected chi connectivity index (χ0v) is 15.1. The summed E-state index contributed by atoms with van der Waals surface area (Å²) in [5, 5.41) is 12.8. The predicted molar refractivity (Wildman–Crippen MR) is 98.4 cm³/mol. The number of rotatable bonds is 7. The molecule has 134 valence electrons. The van der Waals surface area contributed by atoms with Crippen LogP contribution < -0.4 is 14.8 Å². The zero-order chi connectivity index (χ0) is 18.4. The number of carbonyl (C=O) groups is 1. The van der Waals surface area contributed by atoms with E-state index in [4.69, 9.17) is 9.47 Å². The molecule has 0 fully saturated rings. The Morgan fingerprint density at radius 1 is 1.00 bits per heavy atom. The average molecular weight is 343 g/mol. The Balaban J connectivity index is 1.84. The molecule has 25 heavy (non-hydrogen) atoms. The molecule has 0 radical (unpaired) electrons. The summed E-state index contributed by atoms with van der Waals surface area (Å²) in [6.45, 7) is 7.78. The monoisotopic (exact) mass is 343 g/mol. The number of aliphatic hydroxyl groups excluding tert-OH is 1. The van der Waals surface area contributed by atoms with Crippen molar-refractivity contribution in [3.05, 3.63) is 53.1 Å². The Labute approximate surface area is 148 Å². The third-order valence-electron chi connectivity index (χ3n) is 3.91. The zero-order valence-electron chi connectivity index (χ0n) is 15.1. The van der Waals surface area contributed by atoms with Crippen molar-refractivity contribution in [2.45, 2.75) is 33.8 Å². The molecule has 0 aliphatic heterocycles. The first kappa shape index (κ1) is 18.8. The molecule has 1 atom stereocenters. The smallest absolute Gasteiger partial charge is 0.221 e. The molecule has 2 N–H and O–H groups in total. The maximum Gasteiger partial charge on any atom is 0.221 e. The van der Waals surface area contributed by atoms with Gasteiger partial charge >= 0.3 is 0 Å². The minimum Gasteiger partial charge on any atom is -0.491 e. The lowest BCUT2D eigenvalue weighted by molar-refractivity contribution is -0.114. The van der Waals surface area contributed by atoms with Gasteiger partial charge in [-0.25, -0.2) is 0 Å². The standard InChI is InChI=1S/C20H25NO4/c1-13-5-6-14(2)20(15(13)3)25-12-18(23)11-24-19-9-7-17(8-10-19)21-16(4)22/h5-10,18,23H,11-12H2,1-4H3,(H,21,22)/t18-/m1/s1. The van der Waals surface area contributed by atoms with E-state index in [1.54, 1.807) is 24.3 Å². The molecule has 0 heterocycles. The molecule has 0 aliphatic carbocycles. The van der Waals surface area contributed by atoms with E-state index in [0.717, 1.165) is 22.4 Å². The summed E-state index contributed by atoms with van der Waals surface area (Å²) in [6, 6.07) is 11.1. The lowest BCUT2D eigenvalue weighted by atomic mass is 10.1. The number of hydrogen-bond acceptors (Lipinski definition) is 4. The van der Waals surface area contributed by atoms with Gasteiger partial charge in [-0.1, -0.05) is 12.1 Å². The lowest BCUT2D eigenvalue weighted by Gasteiger charge is -2.17. The van der Waals surface area contributed by atoms with Crippen molar-refractivity contribution >= 4 is 11.6 Å². The number of aliphatic hydroxyl groups is 1. The number of ether oxygens (including phenoxy) is 2. The van der Waals surface area contributed by atoms with Crippen LogP contribution in [0.5, 0.6) is 11.5 Å². The van der Waals surface area contributed by atoms with Gasteiger partial charge in [-0.2, -0.15) is 0 Å². The summed E-state index contributed by atoms with van der Waals surface area (Å²) in [5.41, 5.74) is 3.99. The van der Waals surface area contributed by atoms with Gasteiger partial charge < -0.3 is 19.9 Å². The second-order valence-corrected chi connectivity index (χ2v) is 6.13. The van der Waals surface area contributed by atoms with Gasteiger partial charge in [0, 0.05) is 12.6 Å². The molecule has 2 rings (SSSR count). The highest BCUT2D eigenvalue weighted by Gasteiger charge is 2.11.